The van der Waals surface area contributed by atoms with Crippen LogP contribution in [0.25, 0.3) is 6.08 Å². The number of carbonyl (C=O) groups excluding carboxylic acids is 2. The highest BCUT2D eigenvalue weighted by molar-refractivity contribution is 8.27. The quantitative estimate of drug-likeness (QED) is 0.627. The zero-order valence-corrected chi connectivity index (χ0v) is 14.3. The summed E-state index contributed by atoms with van der Waals surface area (Å²) < 4.78 is 0.479. The minimum absolute atomic E-state index is 0.0969. The van der Waals surface area contributed by atoms with E-state index in [1.54, 1.807) is 18.2 Å². The summed E-state index contributed by atoms with van der Waals surface area (Å²) in [7, 11) is 0. The number of thioether (sulfide) groups is 1. The molecule has 24 heavy (non-hydrogen) atoms. The van der Waals surface area contributed by atoms with Crippen molar-refractivity contribution >= 4 is 51.9 Å². The molecule has 1 fully saturated rings. The fourth-order valence-electron chi connectivity index (χ4n) is 2.36. The van der Waals surface area contributed by atoms with Crippen molar-refractivity contribution in [2.45, 2.75) is 6.92 Å². The fourth-order valence-corrected chi connectivity index (χ4v) is 3.64. The molecule has 4 nitrogen and oxygen atoms in total. The lowest BCUT2D eigenvalue weighted by molar-refractivity contribution is -0.255. The zero-order chi connectivity index (χ0) is 17.3. The highest BCUT2D eigenvalue weighted by atomic mass is 32.2. The summed E-state index contributed by atoms with van der Waals surface area (Å²) in [5, 5.41) is 10.8. The topological polar surface area (TPSA) is 60.4 Å². The van der Waals surface area contributed by atoms with E-state index in [1.165, 1.54) is 28.8 Å². The molecule has 0 atom stereocenters. The van der Waals surface area contributed by atoms with Crippen molar-refractivity contribution in [3.05, 3.63) is 70.1 Å². The number of rotatable bonds is 3. The van der Waals surface area contributed by atoms with Gasteiger partial charge in [0.15, 0.2) is 4.32 Å². The average molecular weight is 354 g/mol. The van der Waals surface area contributed by atoms with Crippen molar-refractivity contribution in [1.29, 1.82) is 0 Å². The maximum atomic E-state index is 12.7. The molecule has 0 aliphatic carbocycles. The molecule has 0 bridgehead atoms. The molecule has 1 heterocycles. The number of thiocarbonyl (C=S) groups is 1. The summed E-state index contributed by atoms with van der Waals surface area (Å²) in [6.07, 6.45) is 1.70. The van der Waals surface area contributed by atoms with Crippen molar-refractivity contribution in [3.63, 3.8) is 0 Å². The third-order valence-electron chi connectivity index (χ3n) is 3.59. The number of aryl methyl sites for hydroxylation is 1. The van der Waals surface area contributed by atoms with Crippen LogP contribution in [0.1, 0.15) is 21.5 Å². The largest absolute Gasteiger partial charge is 0.545 e. The number of hydrogen-bond acceptors (Lipinski definition) is 5. The highest BCUT2D eigenvalue weighted by Crippen LogP contribution is 2.37. The average Bonchev–Trinajstić information content (AvgIpc) is 2.83. The van der Waals surface area contributed by atoms with E-state index in [4.69, 9.17) is 12.2 Å². The fraction of sp³-hybridized carbons (Fsp3) is 0.0556. The summed E-state index contributed by atoms with van der Waals surface area (Å²) in [6.45, 7) is 1.93. The van der Waals surface area contributed by atoms with E-state index >= 15 is 0 Å². The molecule has 120 valence electrons. The molecule has 6 heteroatoms. The van der Waals surface area contributed by atoms with Crippen molar-refractivity contribution in [1.82, 2.24) is 0 Å². The number of nitrogens with zero attached hydrogens (tertiary/aromatic N) is 1. The number of carbonyl (C=O) groups is 2. The lowest BCUT2D eigenvalue weighted by Crippen LogP contribution is -2.28. The van der Waals surface area contributed by atoms with Gasteiger partial charge in [-0.2, -0.15) is 0 Å². The highest BCUT2D eigenvalue weighted by Gasteiger charge is 2.33. The molecular weight excluding hydrogens is 342 g/mol. The van der Waals surface area contributed by atoms with Gasteiger partial charge in [-0.1, -0.05) is 66.4 Å². The maximum absolute atomic E-state index is 12.7. The standard InChI is InChI=1S/C18H13NO3S2/c1-11-4-2-3-5-14(11)19-16(20)15(24-18(19)23)10-12-6-8-13(9-7-12)17(21)22/h2-10H,1H3,(H,21,22)/p-1/b15-10-. The molecule has 1 amide bonds. The van der Waals surface area contributed by atoms with Crippen LogP contribution in [0.5, 0.6) is 0 Å². The van der Waals surface area contributed by atoms with Crippen LogP contribution < -0.4 is 10.0 Å². The summed E-state index contributed by atoms with van der Waals surface area (Å²) in [5.41, 5.74) is 2.56. The molecule has 2 aromatic rings. The lowest BCUT2D eigenvalue weighted by atomic mass is 10.1. The summed E-state index contributed by atoms with van der Waals surface area (Å²) in [4.78, 5) is 25.5. The number of para-hydroxylation sites is 1. The Kier molecular flexibility index (Phi) is 4.51. The number of benzene rings is 2. The smallest absolute Gasteiger partial charge is 0.270 e. The predicted octanol–water partition coefficient (Wildman–Crippen LogP) is 2.76. The number of hydrogen-bond donors (Lipinski definition) is 0. The first-order chi connectivity index (χ1) is 11.5. The Balaban J connectivity index is 1.91. The van der Waals surface area contributed by atoms with E-state index in [2.05, 4.69) is 0 Å². The minimum Gasteiger partial charge on any atom is -0.545 e. The molecule has 1 saturated heterocycles. The second-order valence-corrected chi connectivity index (χ2v) is 6.89. The van der Waals surface area contributed by atoms with Crippen LogP contribution >= 0.6 is 24.0 Å². The van der Waals surface area contributed by atoms with Gasteiger partial charge >= 0.3 is 0 Å². The zero-order valence-electron chi connectivity index (χ0n) is 12.7. The van der Waals surface area contributed by atoms with Crippen LogP contribution in [0.4, 0.5) is 5.69 Å². The number of carboxylic acids is 1. The van der Waals surface area contributed by atoms with Gasteiger partial charge in [0.2, 0.25) is 0 Å². The number of aromatic carboxylic acids is 1. The van der Waals surface area contributed by atoms with E-state index in [0.717, 1.165) is 16.8 Å². The van der Waals surface area contributed by atoms with Gasteiger partial charge < -0.3 is 9.90 Å². The van der Waals surface area contributed by atoms with Gasteiger partial charge in [0.25, 0.3) is 5.91 Å². The van der Waals surface area contributed by atoms with Gasteiger partial charge in [0.05, 0.1) is 16.6 Å². The molecule has 0 saturated carbocycles. The lowest BCUT2D eigenvalue weighted by Gasteiger charge is -2.16. The Morgan fingerprint density at radius 3 is 2.46 bits per heavy atom. The number of carboxylic acid groups (broad SMARTS) is 1. The van der Waals surface area contributed by atoms with Gasteiger partial charge in [0.1, 0.15) is 0 Å². The molecule has 1 aliphatic rings. The molecule has 3 rings (SSSR count). The van der Waals surface area contributed by atoms with Crippen LogP contribution in [-0.4, -0.2) is 16.2 Å². The molecule has 2 aromatic carbocycles. The van der Waals surface area contributed by atoms with Gasteiger partial charge in [-0.3, -0.25) is 9.69 Å². The molecular formula is C18H12NO3S2-. The van der Waals surface area contributed by atoms with Gasteiger partial charge in [-0.05, 0) is 35.8 Å². The summed E-state index contributed by atoms with van der Waals surface area (Å²) in [6, 6.07) is 13.7. The van der Waals surface area contributed by atoms with Gasteiger partial charge in [-0.25, -0.2) is 0 Å². The Labute approximate surface area is 148 Å². The first-order valence-electron chi connectivity index (χ1n) is 7.12. The Morgan fingerprint density at radius 2 is 1.83 bits per heavy atom. The SMILES string of the molecule is Cc1ccccc1N1C(=O)/C(=C/c2ccc(C(=O)[O-])cc2)SC1=S. The van der Waals surface area contributed by atoms with Crippen LogP contribution in [0.15, 0.2) is 53.4 Å². The molecule has 0 N–H and O–H groups in total. The van der Waals surface area contributed by atoms with Gasteiger partial charge in [-0.15, -0.1) is 0 Å². The van der Waals surface area contributed by atoms with Crippen LogP contribution in [0, 0.1) is 6.92 Å². The maximum Gasteiger partial charge on any atom is 0.270 e. The first-order valence-corrected chi connectivity index (χ1v) is 8.35. The van der Waals surface area contributed by atoms with Crippen LogP contribution in [0.3, 0.4) is 0 Å². The monoisotopic (exact) mass is 354 g/mol. The summed E-state index contributed by atoms with van der Waals surface area (Å²) in [5.74, 6) is -1.41. The number of amides is 1. The van der Waals surface area contributed by atoms with Crippen molar-refractivity contribution in [2.24, 2.45) is 0 Å². The van der Waals surface area contributed by atoms with E-state index in [0.29, 0.717) is 9.23 Å². The second kappa shape index (κ2) is 6.59. The summed E-state index contributed by atoms with van der Waals surface area (Å²) >= 11 is 6.58. The van der Waals surface area contributed by atoms with Crippen molar-refractivity contribution in [3.8, 4) is 0 Å². The van der Waals surface area contributed by atoms with E-state index < -0.39 is 5.97 Å². The second-order valence-electron chi connectivity index (χ2n) is 5.21. The minimum atomic E-state index is -1.23. The first kappa shape index (κ1) is 16.4. The predicted molar refractivity (Wildman–Crippen MR) is 97.6 cm³/mol. The Hall–Kier alpha value is -2.44. The Bertz CT molecular complexity index is 872. The van der Waals surface area contributed by atoms with Crippen molar-refractivity contribution in [2.75, 3.05) is 4.90 Å². The van der Waals surface area contributed by atoms with Crippen molar-refractivity contribution < 1.29 is 14.7 Å². The molecule has 0 unspecified atom stereocenters. The molecule has 0 aromatic heterocycles. The van der Waals surface area contributed by atoms with Crippen LogP contribution in [-0.2, 0) is 4.79 Å². The molecule has 0 radical (unpaired) electrons. The van der Waals surface area contributed by atoms with E-state index in [1.807, 2.05) is 31.2 Å². The van der Waals surface area contributed by atoms with Gasteiger partial charge in [0, 0.05) is 0 Å². The van der Waals surface area contributed by atoms with E-state index in [9.17, 15) is 14.7 Å². The molecule has 0 spiro atoms. The Morgan fingerprint density at radius 1 is 1.17 bits per heavy atom. The normalized spacial score (nSPS) is 16.0. The van der Waals surface area contributed by atoms with Crippen LogP contribution in [0.2, 0.25) is 0 Å². The molecule has 1 aliphatic heterocycles. The van der Waals surface area contributed by atoms with E-state index in [-0.39, 0.29) is 11.5 Å². The third-order valence-corrected chi connectivity index (χ3v) is 4.90. The number of anilines is 1. The third kappa shape index (κ3) is 3.11.